The molecule has 0 spiro atoms. The molecular formula is C16H15ClN2O3. The molecule has 1 aromatic carbocycles. The summed E-state index contributed by atoms with van der Waals surface area (Å²) in [4.78, 5) is 23.3. The van der Waals surface area contributed by atoms with Crippen LogP contribution in [-0.4, -0.2) is 20.9 Å². The number of hydrogen-bond donors (Lipinski definition) is 1. The topological polar surface area (TPSA) is 72.2 Å². The van der Waals surface area contributed by atoms with Crippen LogP contribution in [0.2, 0.25) is 5.02 Å². The number of halogens is 1. The molecule has 1 aliphatic carbocycles. The number of carbonyl (C=O) groups is 1. The van der Waals surface area contributed by atoms with Crippen molar-refractivity contribution in [1.82, 2.24) is 9.78 Å². The number of rotatable bonds is 3. The second-order valence-electron chi connectivity index (χ2n) is 5.48. The van der Waals surface area contributed by atoms with Crippen LogP contribution >= 0.6 is 11.6 Å². The molecule has 5 nitrogen and oxygen atoms in total. The lowest BCUT2D eigenvalue weighted by Crippen LogP contribution is -2.30. The van der Waals surface area contributed by atoms with Crippen LogP contribution in [0.3, 0.4) is 0 Å². The number of carboxylic acid groups (broad SMARTS) is 1. The van der Waals surface area contributed by atoms with Gasteiger partial charge in [0.05, 0.1) is 18.2 Å². The van der Waals surface area contributed by atoms with Crippen molar-refractivity contribution in [1.29, 1.82) is 0 Å². The van der Waals surface area contributed by atoms with Gasteiger partial charge >= 0.3 is 5.97 Å². The van der Waals surface area contributed by atoms with Crippen molar-refractivity contribution in [3.63, 3.8) is 0 Å². The summed E-state index contributed by atoms with van der Waals surface area (Å²) in [5.41, 5.74) is 2.16. The molecule has 22 heavy (non-hydrogen) atoms. The van der Waals surface area contributed by atoms with Gasteiger partial charge in [-0.3, -0.25) is 9.59 Å². The van der Waals surface area contributed by atoms with Gasteiger partial charge in [0.1, 0.15) is 0 Å². The van der Waals surface area contributed by atoms with E-state index in [0.29, 0.717) is 30.8 Å². The number of aliphatic carboxylic acids is 1. The Morgan fingerprint density at radius 2 is 2.18 bits per heavy atom. The third-order valence-corrected chi connectivity index (χ3v) is 4.36. The maximum absolute atomic E-state index is 12.2. The molecule has 2 aromatic rings. The van der Waals surface area contributed by atoms with E-state index in [2.05, 4.69) is 5.10 Å². The third-order valence-electron chi connectivity index (χ3n) is 3.99. The summed E-state index contributed by atoms with van der Waals surface area (Å²) in [6.45, 7) is 0.314. The van der Waals surface area contributed by atoms with Crippen molar-refractivity contribution in [2.45, 2.75) is 25.8 Å². The predicted octanol–water partition coefficient (Wildman–Crippen LogP) is 2.13. The fourth-order valence-electron chi connectivity index (χ4n) is 2.74. The predicted molar refractivity (Wildman–Crippen MR) is 82.2 cm³/mol. The van der Waals surface area contributed by atoms with E-state index in [1.807, 2.05) is 18.2 Å². The zero-order valence-corrected chi connectivity index (χ0v) is 12.6. The summed E-state index contributed by atoms with van der Waals surface area (Å²) in [7, 11) is 0. The molecule has 0 fully saturated rings. The molecular weight excluding hydrogens is 304 g/mol. The highest BCUT2D eigenvalue weighted by Crippen LogP contribution is 2.23. The molecule has 1 aliphatic rings. The molecule has 0 saturated carbocycles. The van der Waals surface area contributed by atoms with Crippen molar-refractivity contribution in [3.8, 4) is 0 Å². The van der Waals surface area contributed by atoms with Crippen LogP contribution in [-0.2, 0) is 24.2 Å². The van der Waals surface area contributed by atoms with E-state index in [4.69, 9.17) is 16.7 Å². The molecule has 0 unspecified atom stereocenters. The second-order valence-corrected chi connectivity index (χ2v) is 5.89. The third kappa shape index (κ3) is 2.90. The standard InChI is InChI=1S/C16H15ClN2O3/c17-13-4-2-1-3-11(13)9-19-15(20)8-12-7-10(16(21)22)5-6-14(12)18-19/h1-4,8,10H,5-7,9H2,(H,21,22)/t10-/m0/s1. The Balaban J connectivity index is 1.91. The first-order valence-corrected chi connectivity index (χ1v) is 7.48. The van der Waals surface area contributed by atoms with Crippen LogP contribution in [0.4, 0.5) is 0 Å². The van der Waals surface area contributed by atoms with E-state index < -0.39 is 11.9 Å². The van der Waals surface area contributed by atoms with Crippen LogP contribution in [0.15, 0.2) is 35.1 Å². The van der Waals surface area contributed by atoms with Gasteiger partial charge in [-0.15, -0.1) is 0 Å². The number of fused-ring (bicyclic) bond motifs is 1. The number of aryl methyl sites for hydroxylation is 1. The number of hydrogen-bond acceptors (Lipinski definition) is 3. The van der Waals surface area contributed by atoms with Crippen LogP contribution in [0.1, 0.15) is 23.2 Å². The lowest BCUT2D eigenvalue weighted by molar-refractivity contribution is -0.142. The zero-order chi connectivity index (χ0) is 15.7. The molecule has 0 saturated heterocycles. The van der Waals surface area contributed by atoms with Crippen molar-refractivity contribution < 1.29 is 9.90 Å². The van der Waals surface area contributed by atoms with E-state index in [-0.39, 0.29) is 5.56 Å². The summed E-state index contributed by atoms with van der Waals surface area (Å²) in [5, 5.41) is 14.1. The van der Waals surface area contributed by atoms with Gasteiger partial charge in [-0.25, -0.2) is 4.68 Å². The summed E-state index contributed by atoms with van der Waals surface area (Å²) in [6.07, 6.45) is 1.51. The number of aromatic nitrogens is 2. The maximum Gasteiger partial charge on any atom is 0.306 e. The average molecular weight is 319 g/mol. The Labute approximate surface area is 132 Å². The van der Waals surface area contributed by atoms with Crippen molar-refractivity contribution in [2.75, 3.05) is 0 Å². The van der Waals surface area contributed by atoms with E-state index in [9.17, 15) is 9.59 Å². The summed E-state index contributed by atoms with van der Waals surface area (Å²) >= 11 is 6.12. The lowest BCUT2D eigenvalue weighted by atomic mass is 9.87. The molecule has 0 radical (unpaired) electrons. The van der Waals surface area contributed by atoms with Crippen molar-refractivity contribution in [3.05, 3.63) is 62.5 Å². The first kappa shape index (κ1) is 14.8. The van der Waals surface area contributed by atoms with Crippen molar-refractivity contribution in [2.24, 2.45) is 5.92 Å². The van der Waals surface area contributed by atoms with Gasteiger partial charge in [-0.1, -0.05) is 29.8 Å². The van der Waals surface area contributed by atoms with E-state index in [0.717, 1.165) is 16.8 Å². The van der Waals surface area contributed by atoms with Gasteiger partial charge in [0.2, 0.25) is 0 Å². The van der Waals surface area contributed by atoms with Crippen LogP contribution in [0.25, 0.3) is 0 Å². The first-order chi connectivity index (χ1) is 10.5. The molecule has 1 N–H and O–H groups in total. The highest BCUT2D eigenvalue weighted by Gasteiger charge is 2.26. The fraction of sp³-hybridized carbons (Fsp3) is 0.312. The normalized spacial score (nSPS) is 17.0. The lowest BCUT2D eigenvalue weighted by Gasteiger charge is -2.21. The van der Waals surface area contributed by atoms with Crippen LogP contribution in [0.5, 0.6) is 0 Å². The van der Waals surface area contributed by atoms with E-state index in [1.54, 1.807) is 6.07 Å². The van der Waals surface area contributed by atoms with E-state index in [1.165, 1.54) is 10.7 Å². The monoisotopic (exact) mass is 318 g/mol. The molecule has 1 atom stereocenters. The SMILES string of the molecule is O=C(O)[C@H]1CCc2nn(Cc3ccccc3Cl)c(=O)cc2C1. The Morgan fingerprint density at radius 3 is 2.91 bits per heavy atom. The van der Waals surface area contributed by atoms with E-state index >= 15 is 0 Å². The molecule has 1 aromatic heterocycles. The number of nitrogens with zero attached hydrogens (tertiary/aromatic N) is 2. The molecule has 0 amide bonds. The quantitative estimate of drug-likeness (QED) is 0.941. The van der Waals surface area contributed by atoms with Gasteiger partial charge in [-0.05, 0) is 36.5 Å². The molecule has 0 aliphatic heterocycles. The van der Waals surface area contributed by atoms with Gasteiger partial charge in [0.25, 0.3) is 5.56 Å². The summed E-state index contributed by atoms with van der Waals surface area (Å²) in [5.74, 6) is -1.24. The Hall–Kier alpha value is -2.14. The number of carboxylic acids is 1. The smallest absolute Gasteiger partial charge is 0.306 e. The van der Waals surface area contributed by atoms with Crippen LogP contribution < -0.4 is 5.56 Å². The molecule has 0 bridgehead atoms. The Kier molecular flexibility index (Phi) is 3.98. The number of benzene rings is 1. The second kappa shape index (κ2) is 5.93. The zero-order valence-electron chi connectivity index (χ0n) is 11.8. The minimum Gasteiger partial charge on any atom is -0.481 e. The first-order valence-electron chi connectivity index (χ1n) is 7.10. The minimum absolute atomic E-state index is 0.232. The largest absolute Gasteiger partial charge is 0.481 e. The summed E-state index contributed by atoms with van der Waals surface area (Å²) in [6, 6.07) is 8.84. The highest BCUT2D eigenvalue weighted by molar-refractivity contribution is 6.31. The highest BCUT2D eigenvalue weighted by atomic mass is 35.5. The van der Waals surface area contributed by atoms with Crippen molar-refractivity contribution >= 4 is 17.6 Å². The molecule has 6 heteroatoms. The van der Waals surface area contributed by atoms with Gasteiger partial charge in [0.15, 0.2) is 0 Å². The van der Waals surface area contributed by atoms with Gasteiger partial charge in [-0.2, -0.15) is 5.10 Å². The van der Waals surface area contributed by atoms with Crippen LogP contribution in [0, 0.1) is 5.92 Å². The molecule has 3 rings (SSSR count). The fourth-order valence-corrected chi connectivity index (χ4v) is 2.94. The minimum atomic E-state index is -0.814. The van der Waals surface area contributed by atoms with Gasteiger partial charge < -0.3 is 5.11 Å². The Bertz CT molecular complexity index is 785. The maximum atomic E-state index is 12.2. The molecule has 114 valence electrons. The molecule has 1 heterocycles. The summed E-state index contributed by atoms with van der Waals surface area (Å²) < 4.78 is 1.39. The van der Waals surface area contributed by atoms with Gasteiger partial charge in [0, 0.05) is 11.1 Å². The Morgan fingerprint density at radius 1 is 1.41 bits per heavy atom. The average Bonchev–Trinajstić information content (AvgIpc) is 2.49.